The number of rotatable bonds is 6. The first-order chi connectivity index (χ1) is 11.6. The molecular weight excluding hydrogens is 298 g/mol. The van der Waals surface area contributed by atoms with E-state index in [1.165, 1.54) is 44.2 Å². The number of methoxy groups -OCH3 is 1. The summed E-state index contributed by atoms with van der Waals surface area (Å²) in [6, 6.07) is 9.09. The Labute approximate surface area is 147 Å². The van der Waals surface area contributed by atoms with Crippen LogP contribution >= 0.6 is 0 Å². The Morgan fingerprint density at radius 1 is 1.21 bits per heavy atom. The lowest BCUT2D eigenvalue weighted by Gasteiger charge is -2.40. The number of nitrogens with one attached hydrogen (secondary N) is 1. The molecule has 2 aliphatic rings. The van der Waals surface area contributed by atoms with E-state index in [2.05, 4.69) is 47.4 Å². The third kappa shape index (κ3) is 3.86. The molecule has 1 aliphatic carbocycles. The number of hydrogen-bond donors (Lipinski definition) is 1. The Balaban J connectivity index is 1.50. The molecule has 1 N–H and O–H groups in total. The summed E-state index contributed by atoms with van der Waals surface area (Å²) in [5, 5.41) is 3.89. The number of nitrogens with zero attached hydrogens (tertiary/aromatic N) is 2. The van der Waals surface area contributed by atoms with Gasteiger partial charge in [-0.3, -0.25) is 0 Å². The first-order valence-electron chi connectivity index (χ1n) is 9.43. The summed E-state index contributed by atoms with van der Waals surface area (Å²) >= 11 is 0. The fourth-order valence-electron chi connectivity index (χ4n) is 4.30. The summed E-state index contributed by atoms with van der Waals surface area (Å²) in [5.41, 5.74) is 1.68. The predicted octanol–water partition coefficient (Wildman–Crippen LogP) is 3.13. The molecule has 1 aromatic rings. The summed E-state index contributed by atoms with van der Waals surface area (Å²) in [4.78, 5) is 4.94. The lowest BCUT2D eigenvalue weighted by Crippen LogP contribution is -2.53. The minimum atomic E-state index is 0.393. The van der Waals surface area contributed by atoms with Crippen LogP contribution in [-0.4, -0.2) is 57.3 Å². The Bertz CT molecular complexity index is 517. The van der Waals surface area contributed by atoms with Gasteiger partial charge >= 0.3 is 0 Å². The molecule has 134 valence electrons. The molecule has 4 nitrogen and oxygen atoms in total. The number of likely N-dealkylation sites (N-methyl/N-ethyl adjacent to an activating group) is 1. The van der Waals surface area contributed by atoms with Crippen LogP contribution in [0, 0.1) is 0 Å². The van der Waals surface area contributed by atoms with E-state index in [4.69, 9.17) is 4.74 Å². The van der Waals surface area contributed by atoms with E-state index in [0.29, 0.717) is 11.6 Å². The first-order valence-corrected chi connectivity index (χ1v) is 9.43. The number of hydrogen-bond acceptors (Lipinski definition) is 4. The van der Waals surface area contributed by atoms with Crippen LogP contribution in [0.2, 0.25) is 0 Å². The van der Waals surface area contributed by atoms with Gasteiger partial charge in [-0.25, -0.2) is 0 Å². The van der Waals surface area contributed by atoms with Crippen LogP contribution in [0.4, 0.5) is 5.69 Å². The summed E-state index contributed by atoms with van der Waals surface area (Å²) in [6.45, 7) is 3.39. The Hall–Kier alpha value is -1.26. The maximum atomic E-state index is 5.35. The summed E-state index contributed by atoms with van der Waals surface area (Å²) in [7, 11) is 6.23. The van der Waals surface area contributed by atoms with Crippen molar-refractivity contribution in [2.75, 3.05) is 45.7 Å². The quantitative estimate of drug-likeness (QED) is 0.867. The smallest absolute Gasteiger partial charge is 0.120 e. The van der Waals surface area contributed by atoms with Crippen molar-refractivity contribution in [3.05, 3.63) is 24.3 Å². The van der Waals surface area contributed by atoms with Gasteiger partial charge in [0.25, 0.3) is 0 Å². The average molecular weight is 332 g/mol. The van der Waals surface area contributed by atoms with Gasteiger partial charge in [-0.15, -0.1) is 0 Å². The lowest BCUT2D eigenvalue weighted by molar-refractivity contribution is 0.146. The topological polar surface area (TPSA) is 27.7 Å². The molecule has 1 saturated carbocycles. The van der Waals surface area contributed by atoms with Crippen molar-refractivity contribution in [3.8, 4) is 5.75 Å². The number of benzene rings is 1. The van der Waals surface area contributed by atoms with Gasteiger partial charge in [0.2, 0.25) is 0 Å². The van der Waals surface area contributed by atoms with E-state index >= 15 is 0 Å². The second-order valence-electron chi connectivity index (χ2n) is 7.67. The van der Waals surface area contributed by atoms with Crippen LogP contribution in [0.3, 0.4) is 0 Å². The van der Waals surface area contributed by atoms with Crippen LogP contribution in [0.15, 0.2) is 24.3 Å². The molecule has 1 aliphatic heterocycles. The van der Waals surface area contributed by atoms with Crippen molar-refractivity contribution >= 4 is 5.69 Å². The lowest BCUT2D eigenvalue weighted by atomic mass is 9.94. The van der Waals surface area contributed by atoms with E-state index in [1.807, 2.05) is 6.07 Å². The van der Waals surface area contributed by atoms with Crippen molar-refractivity contribution < 1.29 is 4.74 Å². The van der Waals surface area contributed by atoms with Crippen molar-refractivity contribution in [2.24, 2.45) is 0 Å². The fraction of sp³-hybridized carbons (Fsp3) is 0.700. The molecule has 1 heterocycles. The molecule has 0 bridgehead atoms. The summed E-state index contributed by atoms with van der Waals surface area (Å²) < 4.78 is 5.35. The molecule has 0 amide bonds. The third-order valence-corrected chi connectivity index (χ3v) is 6.12. The normalized spacial score (nSPS) is 21.4. The molecule has 0 unspecified atom stereocenters. The zero-order valence-corrected chi connectivity index (χ0v) is 15.6. The number of anilines is 1. The van der Waals surface area contributed by atoms with E-state index < -0.39 is 0 Å². The van der Waals surface area contributed by atoms with Crippen molar-refractivity contribution in [1.29, 1.82) is 0 Å². The molecule has 0 radical (unpaired) electrons. The molecular formula is C20H33N3O. The number of ether oxygens (including phenoxy) is 1. The van der Waals surface area contributed by atoms with E-state index in [1.54, 1.807) is 7.11 Å². The van der Waals surface area contributed by atoms with Crippen LogP contribution in [0.5, 0.6) is 5.75 Å². The van der Waals surface area contributed by atoms with Crippen molar-refractivity contribution in [3.63, 3.8) is 0 Å². The van der Waals surface area contributed by atoms with Gasteiger partial charge < -0.3 is 19.9 Å². The van der Waals surface area contributed by atoms with E-state index in [-0.39, 0.29) is 0 Å². The monoisotopic (exact) mass is 331 g/mol. The zero-order valence-electron chi connectivity index (χ0n) is 15.6. The second-order valence-corrected chi connectivity index (χ2v) is 7.67. The SMILES string of the molecule is COc1cccc(N2CCC(NCC3(N(C)C)CCCC3)CC2)c1. The zero-order chi connectivity index (χ0) is 17.0. The van der Waals surface area contributed by atoms with Gasteiger partial charge in [-0.1, -0.05) is 18.9 Å². The van der Waals surface area contributed by atoms with Crippen LogP contribution in [0.25, 0.3) is 0 Å². The van der Waals surface area contributed by atoms with Crippen molar-refractivity contribution in [1.82, 2.24) is 10.2 Å². The first kappa shape index (κ1) is 17.6. The molecule has 0 atom stereocenters. The molecule has 2 fully saturated rings. The van der Waals surface area contributed by atoms with E-state index in [9.17, 15) is 0 Å². The molecule has 1 aromatic carbocycles. The molecule has 24 heavy (non-hydrogen) atoms. The largest absolute Gasteiger partial charge is 0.497 e. The minimum absolute atomic E-state index is 0.393. The van der Waals surface area contributed by atoms with Crippen LogP contribution in [0.1, 0.15) is 38.5 Å². The minimum Gasteiger partial charge on any atom is -0.497 e. The van der Waals surface area contributed by atoms with Gasteiger partial charge in [-0.05, 0) is 51.9 Å². The van der Waals surface area contributed by atoms with Gasteiger partial charge in [0.05, 0.1) is 7.11 Å². The van der Waals surface area contributed by atoms with Gasteiger partial charge in [-0.2, -0.15) is 0 Å². The maximum Gasteiger partial charge on any atom is 0.120 e. The highest BCUT2D eigenvalue weighted by atomic mass is 16.5. The maximum absolute atomic E-state index is 5.35. The average Bonchev–Trinajstić information content (AvgIpc) is 3.11. The molecule has 1 saturated heterocycles. The predicted molar refractivity (Wildman–Crippen MR) is 101 cm³/mol. The molecule has 3 rings (SSSR count). The Kier molecular flexibility index (Phi) is 5.67. The Morgan fingerprint density at radius 2 is 1.92 bits per heavy atom. The summed E-state index contributed by atoms with van der Waals surface area (Å²) in [5.74, 6) is 0.946. The summed E-state index contributed by atoms with van der Waals surface area (Å²) in [6.07, 6.45) is 7.90. The second kappa shape index (κ2) is 7.75. The highest BCUT2D eigenvalue weighted by Crippen LogP contribution is 2.33. The highest BCUT2D eigenvalue weighted by Gasteiger charge is 2.36. The molecule has 0 aromatic heterocycles. The van der Waals surface area contributed by atoms with Gasteiger partial charge in [0.15, 0.2) is 0 Å². The van der Waals surface area contributed by atoms with Gasteiger partial charge in [0.1, 0.15) is 5.75 Å². The highest BCUT2D eigenvalue weighted by molar-refractivity contribution is 5.51. The number of piperidine rings is 1. The van der Waals surface area contributed by atoms with Crippen LogP contribution in [-0.2, 0) is 0 Å². The van der Waals surface area contributed by atoms with Crippen molar-refractivity contribution in [2.45, 2.75) is 50.1 Å². The Morgan fingerprint density at radius 3 is 2.54 bits per heavy atom. The molecule has 0 spiro atoms. The van der Waals surface area contributed by atoms with Gasteiger partial charge in [0, 0.05) is 43.0 Å². The molecule has 4 heteroatoms. The third-order valence-electron chi connectivity index (χ3n) is 6.12. The van der Waals surface area contributed by atoms with E-state index in [0.717, 1.165) is 25.4 Å². The fourth-order valence-corrected chi connectivity index (χ4v) is 4.30. The standard InChI is InChI=1S/C20H33N3O/c1-22(2)20(11-4-5-12-20)16-21-17-9-13-23(14-10-17)18-7-6-8-19(15-18)24-3/h6-8,15,17,21H,4-5,9-14,16H2,1-3H3. The van der Waals surface area contributed by atoms with Crippen LogP contribution < -0.4 is 15.0 Å².